The van der Waals surface area contributed by atoms with Crippen LogP contribution >= 0.6 is 11.8 Å². The zero-order valence-electron chi connectivity index (χ0n) is 10.6. The van der Waals surface area contributed by atoms with E-state index in [9.17, 15) is 4.79 Å². The second kappa shape index (κ2) is 6.64. The molecule has 0 radical (unpaired) electrons. The predicted octanol–water partition coefficient (Wildman–Crippen LogP) is 2.14. The van der Waals surface area contributed by atoms with E-state index in [0.717, 1.165) is 36.6 Å². The average Bonchev–Trinajstić information content (AvgIpc) is 2.41. The number of aromatic nitrogens is 1. The number of carbonyl (C=O) groups excluding carboxylic acids is 1. The van der Waals surface area contributed by atoms with E-state index in [1.54, 1.807) is 12.3 Å². The van der Waals surface area contributed by atoms with E-state index < -0.39 is 0 Å². The summed E-state index contributed by atoms with van der Waals surface area (Å²) >= 11 is 1.95. The number of amides is 1. The van der Waals surface area contributed by atoms with E-state index in [1.165, 1.54) is 0 Å². The molecule has 1 aliphatic heterocycles. The van der Waals surface area contributed by atoms with Gasteiger partial charge in [-0.2, -0.15) is 11.8 Å². The molecule has 2 heterocycles. The van der Waals surface area contributed by atoms with Crippen molar-refractivity contribution in [1.82, 2.24) is 10.3 Å². The second-order valence-electron chi connectivity index (χ2n) is 4.32. The smallest absolute Gasteiger partial charge is 0.270 e. The van der Waals surface area contributed by atoms with Crippen LogP contribution in [0.15, 0.2) is 18.3 Å². The van der Waals surface area contributed by atoms with Gasteiger partial charge in [-0.3, -0.25) is 4.79 Å². The SMILES string of the molecule is CCNc1ccc(C(=O)NC2CCSCC2)nc1. The van der Waals surface area contributed by atoms with Crippen LogP contribution in [0.5, 0.6) is 0 Å². The van der Waals surface area contributed by atoms with Crippen molar-refractivity contribution in [3.8, 4) is 0 Å². The van der Waals surface area contributed by atoms with E-state index in [-0.39, 0.29) is 5.91 Å². The Balaban J connectivity index is 1.91. The van der Waals surface area contributed by atoms with Gasteiger partial charge in [-0.1, -0.05) is 0 Å². The first kappa shape index (κ1) is 13.2. The first-order valence-corrected chi connectivity index (χ1v) is 7.53. The Hall–Kier alpha value is -1.23. The number of hydrogen-bond acceptors (Lipinski definition) is 4. The van der Waals surface area contributed by atoms with Gasteiger partial charge < -0.3 is 10.6 Å². The van der Waals surface area contributed by atoms with Gasteiger partial charge in [0.25, 0.3) is 5.91 Å². The van der Waals surface area contributed by atoms with Gasteiger partial charge in [0, 0.05) is 12.6 Å². The molecule has 0 unspecified atom stereocenters. The molecular weight excluding hydrogens is 246 g/mol. The number of rotatable bonds is 4. The van der Waals surface area contributed by atoms with Gasteiger partial charge in [-0.25, -0.2) is 4.98 Å². The molecule has 2 N–H and O–H groups in total. The summed E-state index contributed by atoms with van der Waals surface area (Å²) in [7, 11) is 0. The van der Waals surface area contributed by atoms with Crippen molar-refractivity contribution in [1.29, 1.82) is 0 Å². The van der Waals surface area contributed by atoms with Gasteiger partial charge in [0.1, 0.15) is 5.69 Å². The molecule has 2 rings (SSSR count). The summed E-state index contributed by atoms with van der Waals surface area (Å²) < 4.78 is 0. The number of hydrogen-bond donors (Lipinski definition) is 2. The molecule has 4 nitrogen and oxygen atoms in total. The molecule has 1 aliphatic rings. The second-order valence-corrected chi connectivity index (χ2v) is 5.55. The largest absolute Gasteiger partial charge is 0.384 e. The average molecular weight is 265 g/mol. The summed E-state index contributed by atoms with van der Waals surface area (Å²) in [5, 5.41) is 6.21. The van der Waals surface area contributed by atoms with Gasteiger partial charge in [0.05, 0.1) is 11.9 Å². The first-order valence-electron chi connectivity index (χ1n) is 6.38. The lowest BCUT2D eigenvalue weighted by atomic mass is 10.1. The van der Waals surface area contributed by atoms with Crippen LogP contribution in [0.1, 0.15) is 30.3 Å². The van der Waals surface area contributed by atoms with Crippen LogP contribution in [0.25, 0.3) is 0 Å². The van der Waals surface area contributed by atoms with Crippen LogP contribution in [-0.2, 0) is 0 Å². The highest BCUT2D eigenvalue weighted by molar-refractivity contribution is 7.99. The van der Waals surface area contributed by atoms with E-state index >= 15 is 0 Å². The Morgan fingerprint density at radius 2 is 2.22 bits per heavy atom. The molecule has 1 amide bonds. The Labute approximate surface area is 112 Å². The Morgan fingerprint density at radius 3 is 2.83 bits per heavy atom. The number of thioether (sulfide) groups is 1. The monoisotopic (exact) mass is 265 g/mol. The lowest BCUT2D eigenvalue weighted by molar-refractivity contribution is 0.0930. The topological polar surface area (TPSA) is 54.0 Å². The number of nitrogens with one attached hydrogen (secondary N) is 2. The van der Waals surface area contributed by atoms with Crippen molar-refractivity contribution >= 4 is 23.4 Å². The zero-order chi connectivity index (χ0) is 12.8. The minimum absolute atomic E-state index is 0.0602. The normalized spacial score (nSPS) is 16.3. The molecule has 18 heavy (non-hydrogen) atoms. The van der Waals surface area contributed by atoms with Crippen LogP contribution in [0, 0.1) is 0 Å². The van der Waals surface area contributed by atoms with E-state index in [2.05, 4.69) is 15.6 Å². The maximum Gasteiger partial charge on any atom is 0.270 e. The van der Waals surface area contributed by atoms with E-state index in [4.69, 9.17) is 0 Å². The number of carbonyl (C=O) groups is 1. The third-order valence-electron chi connectivity index (χ3n) is 2.93. The third-order valence-corrected chi connectivity index (χ3v) is 3.98. The Bertz CT molecular complexity index is 388. The van der Waals surface area contributed by atoms with Gasteiger partial charge in [0.15, 0.2) is 0 Å². The van der Waals surface area contributed by atoms with Crippen molar-refractivity contribution in [3.05, 3.63) is 24.0 Å². The molecule has 1 saturated heterocycles. The Morgan fingerprint density at radius 1 is 1.44 bits per heavy atom. The highest BCUT2D eigenvalue weighted by Gasteiger charge is 2.17. The quantitative estimate of drug-likeness (QED) is 0.876. The van der Waals surface area contributed by atoms with Crippen LogP contribution in [0.4, 0.5) is 5.69 Å². The Kier molecular flexibility index (Phi) is 4.87. The summed E-state index contributed by atoms with van der Waals surface area (Å²) in [6, 6.07) is 3.97. The minimum Gasteiger partial charge on any atom is -0.384 e. The lowest BCUT2D eigenvalue weighted by Crippen LogP contribution is -2.37. The van der Waals surface area contributed by atoms with Gasteiger partial charge in [-0.05, 0) is 43.4 Å². The van der Waals surface area contributed by atoms with Crippen LogP contribution < -0.4 is 10.6 Å². The van der Waals surface area contributed by atoms with Gasteiger partial charge in [0.2, 0.25) is 0 Å². The highest BCUT2D eigenvalue weighted by atomic mass is 32.2. The van der Waals surface area contributed by atoms with Crippen molar-refractivity contribution < 1.29 is 4.79 Å². The molecule has 5 heteroatoms. The van der Waals surface area contributed by atoms with Crippen LogP contribution in [0.3, 0.4) is 0 Å². The highest BCUT2D eigenvalue weighted by Crippen LogP contribution is 2.17. The summed E-state index contributed by atoms with van der Waals surface area (Å²) in [5.41, 5.74) is 1.44. The molecule has 1 aromatic rings. The zero-order valence-corrected chi connectivity index (χ0v) is 11.4. The number of anilines is 1. The first-order chi connectivity index (χ1) is 8.79. The van der Waals surface area contributed by atoms with Crippen molar-refractivity contribution in [2.75, 3.05) is 23.4 Å². The van der Waals surface area contributed by atoms with Gasteiger partial charge >= 0.3 is 0 Å². The van der Waals surface area contributed by atoms with Gasteiger partial charge in [-0.15, -0.1) is 0 Å². The standard InChI is InChI=1S/C13H19N3OS/c1-2-14-11-3-4-12(15-9-11)13(17)16-10-5-7-18-8-6-10/h3-4,9-10,14H,2,5-8H2,1H3,(H,16,17). The van der Waals surface area contributed by atoms with Crippen molar-refractivity contribution in [3.63, 3.8) is 0 Å². The fourth-order valence-corrected chi connectivity index (χ4v) is 3.04. The fraction of sp³-hybridized carbons (Fsp3) is 0.538. The fourth-order valence-electron chi connectivity index (χ4n) is 1.94. The summed E-state index contributed by atoms with van der Waals surface area (Å²) in [6.45, 7) is 2.88. The van der Waals surface area contributed by atoms with E-state index in [0.29, 0.717) is 11.7 Å². The molecule has 0 atom stereocenters. The number of nitrogens with zero attached hydrogens (tertiary/aromatic N) is 1. The molecular formula is C13H19N3OS. The minimum atomic E-state index is -0.0602. The van der Waals surface area contributed by atoms with Crippen LogP contribution in [0.2, 0.25) is 0 Å². The molecule has 0 saturated carbocycles. The maximum atomic E-state index is 12.0. The third kappa shape index (κ3) is 3.63. The van der Waals surface area contributed by atoms with E-state index in [1.807, 2.05) is 24.8 Å². The summed E-state index contributed by atoms with van der Waals surface area (Å²) in [6.07, 6.45) is 3.83. The molecule has 1 aromatic heterocycles. The number of pyridine rings is 1. The lowest BCUT2D eigenvalue weighted by Gasteiger charge is -2.22. The predicted molar refractivity (Wildman–Crippen MR) is 76.2 cm³/mol. The van der Waals surface area contributed by atoms with Crippen molar-refractivity contribution in [2.45, 2.75) is 25.8 Å². The molecule has 0 aliphatic carbocycles. The van der Waals surface area contributed by atoms with Crippen LogP contribution in [-0.4, -0.2) is 35.0 Å². The summed E-state index contributed by atoms with van der Waals surface area (Å²) in [4.78, 5) is 16.2. The molecule has 0 bridgehead atoms. The molecule has 0 aromatic carbocycles. The molecule has 0 spiro atoms. The maximum absolute atomic E-state index is 12.0. The van der Waals surface area contributed by atoms with Crippen molar-refractivity contribution in [2.24, 2.45) is 0 Å². The molecule has 98 valence electrons. The summed E-state index contributed by atoms with van der Waals surface area (Å²) in [5.74, 6) is 2.21. The molecule has 1 fully saturated rings.